The van der Waals surface area contributed by atoms with Crippen molar-refractivity contribution in [2.24, 2.45) is 0 Å². The molecule has 0 atom stereocenters. The number of rotatable bonds is 5. The van der Waals surface area contributed by atoms with Gasteiger partial charge in [0.1, 0.15) is 5.75 Å². The fraction of sp³-hybridized carbons (Fsp3) is 0.471. The number of aromatic amines is 1. The lowest BCUT2D eigenvalue weighted by molar-refractivity contribution is 0.254. The topological polar surface area (TPSA) is 41.2 Å². The molecular weight excluding hydrogens is 342 g/mol. The fourth-order valence-corrected chi connectivity index (χ4v) is 3.51. The molecule has 0 unspecified atom stereocenters. The molecule has 2 heterocycles. The van der Waals surface area contributed by atoms with Crippen molar-refractivity contribution in [2.75, 3.05) is 19.7 Å². The summed E-state index contributed by atoms with van der Waals surface area (Å²) in [7, 11) is 0. The summed E-state index contributed by atoms with van der Waals surface area (Å²) in [4.78, 5) is 2.50. The first-order valence-electron chi connectivity index (χ1n) is 7.94. The smallest absolute Gasteiger partial charge is 0.133 e. The standard InChI is InChI=1S/C17H22BrN3O/c1-3-8-21-9-7-15-13(11-21)17(20-19-15)12-5-6-16(22-4-2)14(18)10-12/h5-6,10H,3-4,7-9,11H2,1-2H3,(H,19,20). The van der Waals surface area contributed by atoms with Gasteiger partial charge >= 0.3 is 0 Å². The molecule has 118 valence electrons. The molecule has 1 N–H and O–H groups in total. The number of halogens is 1. The van der Waals surface area contributed by atoms with E-state index >= 15 is 0 Å². The van der Waals surface area contributed by atoms with Crippen LogP contribution in [0.15, 0.2) is 22.7 Å². The summed E-state index contributed by atoms with van der Waals surface area (Å²) in [6.07, 6.45) is 2.25. The number of fused-ring (bicyclic) bond motifs is 1. The number of H-pyrrole nitrogens is 1. The Morgan fingerprint density at radius 1 is 1.36 bits per heavy atom. The highest BCUT2D eigenvalue weighted by Crippen LogP contribution is 2.33. The third-order valence-corrected chi connectivity index (χ3v) is 4.68. The van der Waals surface area contributed by atoms with Crippen LogP contribution in [0.3, 0.4) is 0 Å². The van der Waals surface area contributed by atoms with Gasteiger partial charge in [-0.25, -0.2) is 0 Å². The van der Waals surface area contributed by atoms with Crippen LogP contribution in [0.25, 0.3) is 11.3 Å². The molecule has 0 saturated heterocycles. The van der Waals surface area contributed by atoms with Crippen molar-refractivity contribution in [1.29, 1.82) is 0 Å². The summed E-state index contributed by atoms with van der Waals surface area (Å²) in [6, 6.07) is 6.20. The summed E-state index contributed by atoms with van der Waals surface area (Å²) in [5.74, 6) is 0.878. The molecule has 0 saturated carbocycles. The van der Waals surface area contributed by atoms with Crippen molar-refractivity contribution in [3.8, 4) is 17.0 Å². The van der Waals surface area contributed by atoms with Crippen molar-refractivity contribution in [3.63, 3.8) is 0 Å². The number of ether oxygens (including phenoxy) is 1. The maximum Gasteiger partial charge on any atom is 0.133 e. The molecule has 22 heavy (non-hydrogen) atoms. The van der Waals surface area contributed by atoms with E-state index in [0.717, 1.165) is 47.5 Å². The molecule has 4 nitrogen and oxygen atoms in total. The Morgan fingerprint density at radius 2 is 2.23 bits per heavy atom. The molecule has 0 aliphatic carbocycles. The van der Waals surface area contributed by atoms with E-state index in [4.69, 9.17) is 4.74 Å². The molecule has 0 spiro atoms. The number of hydrogen-bond acceptors (Lipinski definition) is 3. The first-order valence-corrected chi connectivity index (χ1v) is 8.73. The lowest BCUT2D eigenvalue weighted by Gasteiger charge is -2.26. The Balaban J connectivity index is 1.90. The van der Waals surface area contributed by atoms with Gasteiger partial charge in [-0.1, -0.05) is 6.92 Å². The third-order valence-electron chi connectivity index (χ3n) is 4.06. The SMILES string of the molecule is CCCN1CCc2[nH]nc(-c3ccc(OCC)c(Br)c3)c2C1. The van der Waals surface area contributed by atoms with Crippen LogP contribution in [-0.2, 0) is 13.0 Å². The maximum absolute atomic E-state index is 5.59. The second kappa shape index (κ2) is 6.84. The summed E-state index contributed by atoms with van der Waals surface area (Å²) in [5, 5.41) is 7.79. The quantitative estimate of drug-likeness (QED) is 0.872. The van der Waals surface area contributed by atoms with Gasteiger partial charge in [0.05, 0.1) is 16.8 Å². The highest BCUT2D eigenvalue weighted by molar-refractivity contribution is 9.10. The van der Waals surface area contributed by atoms with E-state index in [0.29, 0.717) is 6.61 Å². The molecule has 0 bridgehead atoms. The summed E-state index contributed by atoms with van der Waals surface area (Å²) in [5.41, 5.74) is 4.83. The zero-order valence-electron chi connectivity index (χ0n) is 13.2. The highest BCUT2D eigenvalue weighted by Gasteiger charge is 2.22. The minimum atomic E-state index is 0.668. The van der Waals surface area contributed by atoms with Crippen molar-refractivity contribution < 1.29 is 4.74 Å². The molecule has 5 heteroatoms. The van der Waals surface area contributed by atoms with Crippen LogP contribution in [0.5, 0.6) is 5.75 Å². The van der Waals surface area contributed by atoms with Crippen molar-refractivity contribution in [1.82, 2.24) is 15.1 Å². The molecule has 2 aromatic rings. The van der Waals surface area contributed by atoms with E-state index in [1.807, 2.05) is 13.0 Å². The summed E-state index contributed by atoms with van der Waals surface area (Å²) < 4.78 is 6.56. The summed E-state index contributed by atoms with van der Waals surface area (Å²) >= 11 is 3.59. The Hall–Kier alpha value is -1.33. The Kier molecular flexibility index (Phi) is 4.84. The zero-order valence-corrected chi connectivity index (χ0v) is 14.7. The van der Waals surface area contributed by atoms with Crippen molar-refractivity contribution in [2.45, 2.75) is 33.2 Å². The molecule has 0 radical (unpaired) electrons. The van der Waals surface area contributed by atoms with E-state index in [1.54, 1.807) is 0 Å². The van der Waals surface area contributed by atoms with Gasteiger partial charge in [0.15, 0.2) is 0 Å². The second-order valence-electron chi connectivity index (χ2n) is 5.63. The van der Waals surface area contributed by atoms with E-state index < -0.39 is 0 Å². The van der Waals surface area contributed by atoms with Gasteiger partial charge < -0.3 is 4.74 Å². The van der Waals surface area contributed by atoms with Gasteiger partial charge in [-0.15, -0.1) is 0 Å². The molecule has 1 aliphatic heterocycles. The minimum absolute atomic E-state index is 0.668. The van der Waals surface area contributed by atoms with Gasteiger partial charge in [-0.3, -0.25) is 10.00 Å². The Labute approximate surface area is 140 Å². The van der Waals surface area contributed by atoms with E-state index in [1.165, 1.54) is 17.7 Å². The molecule has 1 aliphatic rings. The molecule has 1 aromatic heterocycles. The molecular formula is C17H22BrN3O. The maximum atomic E-state index is 5.59. The molecule has 0 amide bonds. The van der Waals surface area contributed by atoms with Gasteiger partial charge in [-0.2, -0.15) is 5.10 Å². The number of nitrogens with zero attached hydrogens (tertiary/aromatic N) is 2. The van der Waals surface area contributed by atoms with Crippen molar-refractivity contribution in [3.05, 3.63) is 33.9 Å². The first-order chi connectivity index (χ1) is 10.7. The largest absolute Gasteiger partial charge is 0.493 e. The highest BCUT2D eigenvalue weighted by atomic mass is 79.9. The van der Waals surface area contributed by atoms with Crippen LogP contribution in [0.4, 0.5) is 0 Å². The normalized spacial score (nSPS) is 14.9. The monoisotopic (exact) mass is 363 g/mol. The number of benzene rings is 1. The van der Waals surface area contributed by atoms with Crippen LogP contribution in [0.1, 0.15) is 31.5 Å². The average Bonchev–Trinajstić information content (AvgIpc) is 2.93. The molecule has 0 fully saturated rings. The van der Waals surface area contributed by atoms with Crippen LogP contribution >= 0.6 is 15.9 Å². The Morgan fingerprint density at radius 3 is 2.95 bits per heavy atom. The predicted molar refractivity (Wildman–Crippen MR) is 92.2 cm³/mol. The number of nitrogens with one attached hydrogen (secondary N) is 1. The minimum Gasteiger partial charge on any atom is -0.493 e. The van der Waals surface area contributed by atoms with Gasteiger partial charge in [-0.05, 0) is 54.0 Å². The van der Waals surface area contributed by atoms with Crippen LogP contribution in [0, 0.1) is 0 Å². The lowest BCUT2D eigenvalue weighted by Crippen LogP contribution is -2.31. The first kappa shape index (κ1) is 15.6. The fourth-order valence-electron chi connectivity index (χ4n) is 3.02. The molecule has 1 aromatic carbocycles. The number of hydrogen-bond donors (Lipinski definition) is 1. The van der Waals surface area contributed by atoms with Crippen LogP contribution < -0.4 is 4.74 Å². The van der Waals surface area contributed by atoms with Crippen LogP contribution in [0.2, 0.25) is 0 Å². The summed E-state index contributed by atoms with van der Waals surface area (Å²) in [6.45, 7) is 8.15. The van der Waals surface area contributed by atoms with Gasteiger partial charge in [0.25, 0.3) is 0 Å². The van der Waals surface area contributed by atoms with Gasteiger partial charge in [0, 0.05) is 36.3 Å². The van der Waals surface area contributed by atoms with E-state index in [-0.39, 0.29) is 0 Å². The van der Waals surface area contributed by atoms with E-state index in [2.05, 4.69) is 50.1 Å². The lowest BCUT2D eigenvalue weighted by atomic mass is 10.0. The zero-order chi connectivity index (χ0) is 15.5. The van der Waals surface area contributed by atoms with Gasteiger partial charge in [0.2, 0.25) is 0 Å². The second-order valence-corrected chi connectivity index (χ2v) is 6.49. The average molecular weight is 364 g/mol. The Bertz CT molecular complexity index is 653. The predicted octanol–water partition coefficient (Wildman–Crippen LogP) is 4.01. The molecule has 3 rings (SSSR count). The van der Waals surface area contributed by atoms with E-state index in [9.17, 15) is 0 Å². The third kappa shape index (κ3) is 3.06. The van der Waals surface area contributed by atoms with Crippen LogP contribution in [-0.4, -0.2) is 34.8 Å². The number of aromatic nitrogens is 2. The van der Waals surface area contributed by atoms with Crippen molar-refractivity contribution >= 4 is 15.9 Å².